The zero-order chi connectivity index (χ0) is 9.56. The highest BCUT2D eigenvalue weighted by atomic mass is 79.9. The van der Waals surface area contributed by atoms with Crippen LogP contribution in [0.2, 0.25) is 0 Å². The normalized spacial score (nSPS) is 9.23. The summed E-state index contributed by atoms with van der Waals surface area (Å²) in [5, 5.41) is 2.79. The Morgan fingerprint density at radius 3 is 2.38 bits per heavy atom. The van der Waals surface area contributed by atoms with E-state index in [2.05, 4.69) is 26.0 Å². The molecule has 78 valence electrons. The zero-order valence-electron chi connectivity index (χ0n) is 8.61. The predicted octanol–water partition coefficient (Wildman–Crippen LogP) is -3.78. The standard InChI is InChI=1S/C9H18N2O.BrH/c1-8(2)9(12)10-6-5-7-11(3)4;/h1,5-7H2,2-4H3,(H,10,12);1H. The van der Waals surface area contributed by atoms with Crippen molar-refractivity contribution in [2.45, 2.75) is 13.3 Å². The van der Waals surface area contributed by atoms with Gasteiger partial charge < -0.3 is 27.2 Å². The van der Waals surface area contributed by atoms with Crippen molar-refractivity contribution < 1.29 is 26.7 Å². The first-order valence-corrected chi connectivity index (χ1v) is 4.26. The molecule has 4 heteroatoms. The molecule has 2 N–H and O–H groups in total. The zero-order valence-corrected chi connectivity index (χ0v) is 10.2. The SMILES string of the molecule is C=C(C)C(=O)NCCC[NH+](C)C.[Br-]. The van der Waals surface area contributed by atoms with Crippen LogP contribution in [-0.2, 0) is 4.79 Å². The van der Waals surface area contributed by atoms with Gasteiger partial charge in [-0.05, 0) is 6.92 Å². The van der Waals surface area contributed by atoms with Crippen LogP contribution in [0.5, 0.6) is 0 Å². The number of carbonyl (C=O) groups excluding carboxylic acids is 1. The molecule has 0 aromatic carbocycles. The Morgan fingerprint density at radius 1 is 1.46 bits per heavy atom. The Hall–Kier alpha value is -0.350. The molecule has 0 bridgehead atoms. The summed E-state index contributed by atoms with van der Waals surface area (Å²) < 4.78 is 0. The minimum atomic E-state index is -0.0382. The molecule has 0 aromatic heterocycles. The monoisotopic (exact) mass is 250 g/mol. The van der Waals surface area contributed by atoms with Crippen molar-refractivity contribution in [3.05, 3.63) is 12.2 Å². The third-order valence-corrected chi connectivity index (χ3v) is 1.53. The van der Waals surface area contributed by atoms with Crippen molar-refractivity contribution in [2.75, 3.05) is 27.2 Å². The van der Waals surface area contributed by atoms with Gasteiger partial charge in [0.2, 0.25) is 5.91 Å². The second-order valence-electron chi connectivity index (χ2n) is 3.35. The molecule has 0 spiro atoms. The van der Waals surface area contributed by atoms with Crippen LogP contribution in [0, 0.1) is 0 Å². The second-order valence-corrected chi connectivity index (χ2v) is 3.35. The number of halogens is 1. The third kappa shape index (κ3) is 9.56. The molecular formula is C9H19BrN2O. The van der Waals surface area contributed by atoms with Crippen molar-refractivity contribution >= 4 is 5.91 Å². The summed E-state index contributed by atoms with van der Waals surface area (Å²) >= 11 is 0. The van der Waals surface area contributed by atoms with Crippen LogP contribution in [-0.4, -0.2) is 33.1 Å². The fraction of sp³-hybridized carbons (Fsp3) is 0.667. The molecule has 0 aliphatic carbocycles. The third-order valence-electron chi connectivity index (χ3n) is 1.53. The number of hydrogen-bond donors (Lipinski definition) is 2. The van der Waals surface area contributed by atoms with Gasteiger partial charge in [0.1, 0.15) is 0 Å². The largest absolute Gasteiger partial charge is 1.00 e. The van der Waals surface area contributed by atoms with Crippen molar-refractivity contribution in [1.29, 1.82) is 0 Å². The van der Waals surface area contributed by atoms with Crippen LogP contribution >= 0.6 is 0 Å². The molecule has 0 aliphatic rings. The molecule has 0 aliphatic heterocycles. The maximum atomic E-state index is 11.0. The van der Waals surface area contributed by atoms with Crippen molar-refractivity contribution in [3.8, 4) is 0 Å². The fourth-order valence-electron chi connectivity index (χ4n) is 0.795. The highest BCUT2D eigenvalue weighted by Crippen LogP contribution is 1.84. The molecule has 0 atom stereocenters. The van der Waals surface area contributed by atoms with E-state index in [1.165, 1.54) is 4.90 Å². The lowest BCUT2D eigenvalue weighted by atomic mass is 10.3. The minimum Gasteiger partial charge on any atom is -1.00 e. The molecule has 0 aromatic rings. The van der Waals surface area contributed by atoms with E-state index in [1.807, 2.05) is 0 Å². The van der Waals surface area contributed by atoms with Crippen LogP contribution < -0.4 is 27.2 Å². The molecule has 13 heavy (non-hydrogen) atoms. The molecule has 0 fully saturated rings. The van der Waals surface area contributed by atoms with Gasteiger partial charge >= 0.3 is 0 Å². The van der Waals surface area contributed by atoms with Gasteiger partial charge in [0.15, 0.2) is 0 Å². The highest BCUT2D eigenvalue weighted by Gasteiger charge is 2.00. The Balaban J connectivity index is 0. The van der Waals surface area contributed by atoms with E-state index in [1.54, 1.807) is 6.92 Å². The lowest BCUT2D eigenvalue weighted by molar-refractivity contribution is -0.858. The van der Waals surface area contributed by atoms with Crippen LogP contribution in [0.1, 0.15) is 13.3 Å². The van der Waals surface area contributed by atoms with Crippen molar-refractivity contribution in [2.24, 2.45) is 0 Å². The molecule has 0 radical (unpaired) electrons. The van der Waals surface area contributed by atoms with Crippen LogP contribution in [0.4, 0.5) is 0 Å². The summed E-state index contributed by atoms with van der Waals surface area (Å²) in [5.41, 5.74) is 0.576. The molecule has 0 unspecified atom stereocenters. The van der Waals surface area contributed by atoms with E-state index in [-0.39, 0.29) is 22.9 Å². The molecule has 1 amide bonds. The number of nitrogens with one attached hydrogen (secondary N) is 2. The highest BCUT2D eigenvalue weighted by molar-refractivity contribution is 5.91. The number of carbonyl (C=O) groups is 1. The van der Waals surface area contributed by atoms with Gasteiger partial charge in [-0.3, -0.25) is 4.79 Å². The number of rotatable bonds is 5. The van der Waals surface area contributed by atoms with Gasteiger partial charge in [-0.2, -0.15) is 0 Å². The van der Waals surface area contributed by atoms with Gasteiger partial charge in [-0.15, -0.1) is 0 Å². The summed E-state index contributed by atoms with van der Waals surface area (Å²) in [7, 11) is 4.20. The smallest absolute Gasteiger partial charge is 0.246 e. The molecule has 0 heterocycles. The summed E-state index contributed by atoms with van der Waals surface area (Å²) in [6, 6.07) is 0. The number of hydrogen-bond acceptors (Lipinski definition) is 1. The van der Waals surface area contributed by atoms with E-state index < -0.39 is 0 Å². The van der Waals surface area contributed by atoms with Gasteiger partial charge in [-0.1, -0.05) is 6.58 Å². The average Bonchev–Trinajstić information content (AvgIpc) is 1.97. The second kappa shape index (κ2) is 8.26. The van der Waals surface area contributed by atoms with Crippen LogP contribution in [0.15, 0.2) is 12.2 Å². The van der Waals surface area contributed by atoms with Crippen LogP contribution in [0.25, 0.3) is 0 Å². The van der Waals surface area contributed by atoms with Gasteiger partial charge in [-0.25, -0.2) is 0 Å². The topological polar surface area (TPSA) is 33.5 Å². The Bertz CT molecular complexity index is 169. The molecule has 0 saturated carbocycles. The van der Waals surface area contributed by atoms with E-state index in [0.29, 0.717) is 5.57 Å². The first-order chi connectivity index (χ1) is 5.54. The van der Waals surface area contributed by atoms with Gasteiger partial charge in [0.05, 0.1) is 20.6 Å². The maximum absolute atomic E-state index is 11.0. The summed E-state index contributed by atoms with van der Waals surface area (Å²) in [6.07, 6.45) is 1.02. The fourth-order valence-corrected chi connectivity index (χ4v) is 0.795. The lowest BCUT2D eigenvalue weighted by Crippen LogP contribution is -3.05. The predicted molar refractivity (Wildman–Crippen MR) is 50.1 cm³/mol. The number of amides is 1. The van der Waals surface area contributed by atoms with E-state index >= 15 is 0 Å². The van der Waals surface area contributed by atoms with E-state index in [9.17, 15) is 4.79 Å². The van der Waals surface area contributed by atoms with E-state index in [4.69, 9.17) is 0 Å². The molecule has 0 rings (SSSR count). The molecular weight excluding hydrogens is 232 g/mol. The van der Waals surface area contributed by atoms with Crippen molar-refractivity contribution in [1.82, 2.24) is 5.32 Å². The Morgan fingerprint density at radius 2 is 2.00 bits per heavy atom. The maximum Gasteiger partial charge on any atom is 0.246 e. The summed E-state index contributed by atoms with van der Waals surface area (Å²) in [4.78, 5) is 12.4. The van der Waals surface area contributed by atoms with Crippen molar-refractivity contribution in [3.63, 3.8) is 0 Å². The van der Waals surface area contributed by atoms with Gasteiger partial charge in [0, 0.05) is 18.5 Å². The lowest BCUT2D eigenvalue weighted by Gasteiger charge is -2.07. The first-order valence-electron chi connectivity index (χ1n) is 4.26. The van der Waals surface area contributed by atoms with Crippen LogP contribution in [0.3, 0.4) is 0 Å². The average molecular weight is 251 g/mol. The summed E-state index contributed by atoms with van der Waals surface area (Å²) in [5.74, 6) is -0.0382. The first kappa shape index (κ1) is 15.1. The van der Waals surface area contributed by atoms with E-state index in [0.717, 1.165) is 19.5 Å². The Kier molecular flexibility index (Phi) is 9.61. The number of quaternary nitrogens is 1. The molecule has 3 nitrogen and oxygen atoms in total. The summed E-state index contributed by atoms with van der Waals surface area (Å²) in [6.45, 7) is 7.09. The minimum absolute atomic E-state index is 0. The molecule has 0 saturated heterocycles. The Labute approximate surface area is 91.0 Å². The van der Waals surface area contributed by atoms with Gasteiger partial charge in [0.25, 0.3) is 0 Å². The quantitative estimate of drug-likeness (QED) is 0.381.